The predicted octanol–water partition coefficient (Wildman–Crippen LogP) is 2.63. The molecule has 6 nitrogen and oxygen atoms in total. The maximum absolute atomic E-state index is 13.4. The van der Waals surface area contributed by atoms with Crippen LogP contribution in [0.1, 0.15) is 28.9 Å². The monoisotopic (exact) mass is 371 g/mol. The Morgan fingerprint density at radius 3 is 2.70 bits per heavy atom. The van der Waals surface area contributed by atoms with Gasteiger partial charge in [0.25, 0.3) is 0 Å². The molecule has 1 aliphatic rings. The third-order valence-corrected chi connectivity index (χ3v) is 4.83. The van der Waals surface area contributed by atoms with Crippen LogP contribution in [0.5, 0.6) is 0 Å². The first-order valence-corrected chi connectivity index (χ1v) is 8.85. The highest BCUT2D eigenvalue weighted by molar-refractivity contribution is 5.88. The summed E-state index contributed by atoms with van der Waals surface area (Å²) in [5.74, 6) is -0.684. The van der Waals surface area contributed by atoms with Gasteiger partial charge in [-0.2, -0.15) is 0 Å². The SMILES string of the molecule is COC(=O)c1ccc(CN(C=O)C2CCN(c3cccc(F)c3)CC2)nc1. The molecule has 0 saturated carbocycles. The first-order valence-electron chi connectivity index (χ1n) is 8.85. The second-order valence-corrected chi connectivity index (χ2v) is 6.51. The number of benzene rings is 1. The number of aromatic nitrogens is 1. The normalized spacial score (nSPS) is 14.7. The Morgan fingerprint density at radius 2 is 2.11 bits per heavy atom. The molecule has 1 saturated heterocycles. The molecule has 0 unspecified atom stereocenters. The van der Waals surface area contributed by atoms with Gasteiger partial charge in [-0.25, -0.2) is 9.18 Å². The minimum atomic E-state index is -0.439. The Labute approximate surface area is 157 Å². The number of hydrogen-bond acceptors (Lipinski definition) is 5. The summed E-state index contributed by atoms with van der Waals surface area (Å²) in [6.45, 7) is 1.90. The zero-order chi connectivity index (χ0) is 19.2. The summed E-state index contributed by atoms with van der Waals surface area (Å²) in [6.07, 6.45) is 3.90. The number of piperidine rings is 1. The van der Waals surface area contributed by atoms with E-state index in [1.807, 2.05) is 6.07 Å². The van der Waals surface area contributed by atoms with Crippen molar-refractivity contribution in [2.45, 2.75) is 25.4 Å². The van der Waals surface area contributed by atoms with E-state index in [4.69, 9.17) is 0 Å². The van der Waals surface area contributed by atoms with Crippen LogP contribution < -0.4 is 4.90 Å². The van der Waals surface area contributed by atoms with Gasteiger partial charge in [0.2, 0.25) is 6.41 Å². The highest BCUT2D eigenvalue weighted by Crippen LogP contribution is 2.23. The standard InChI is InChI=1S/C20H22FN3O3/c1-27-20(26)15-5-6-17(22-12-15)13-24(14-25)18-7-9-23(10-8-18)19-4-2-3-16(21)11-19/h2-6,11-12,14,18H,7-10,13H2,1H3. The molecule has 7 heteroatoms. The Morgan fingerprint density at radius 1 is 1.33 bits per heavy atom. The summed E-state index contributed by atoms with van der Waals surface area (Å²) in [4.78, 5) is 31.2. The van der Waals surface area contributed by atoms with Crippen LogP contribution in [0.4, 0.5) is 10.1 Å². The van der Waals surface area contributed by atoms with Crippen LogP contribution in [0.2, 0.25) is 0 Å². The van der Waals surface area contributed by atoms with Gasteiger partial charge in [-0.05, 0) is 43.2 Å². The van der Waals surface area contributed by atoms with E-state index < -0.39 is 5.97 Å². The Bertz CT molecular complexity index is 789. The number of ether oxygens (including phenoxy) is 1. The molecule has 1 aromatic carbocycles. The Kier molecular flexibility index (Phi) is 6.01. The highest BCUT2D eigenvalue weighted by atomic mass is 19.1. The van der Waals surface area contributed by atoms with E-state index >= 15 is 0 Å². The number of hydrogen-bond donors (Lipinski definition) is 0. The molecule has 2 aromatic rings. The molecule has 0 spiro atoms. The minimum Gasteiger partial charge on any atom is -0.465 e. The molecule has 3 rings (SSSR count). The fourth-order valence-electron chi connectivity index (χ4n) is 3.32. The van der Waals surface area contributed by atoms with E-state index in [-0.39, 0.29) is 11.9 Å². The number of carbonyl (C=O) groups excluding carboxylic acids is 2. The number of anilines is 1. The van der Waals surface area contributed by atoms with Gasteiger partial charge in [0, 0.05) is 31.0 Å². The van der Waals surface area contributed by atoms with E-state index in [1.54, 1.807) is 23.1 Å². The van der Waals surface area contributed by atoms with Crippen LogP contribution in [0.15, 0.2) is 42.6 Å². The zero-order valence-electron chi connectivity index (χ0n) is 15.2. The number of esters is 1. The van der Waals surface area contributed by atoms with Gasteiger partial charge >= 0.3 is 5.97 Å². The van der Waals surface area contributed by atoms with Crippen LogP contribution >= 0.6 is 0 Å². The number of rotatable bonds is 6. The van der Waals surface area contributed by atoms with Crippen molar-refractivity contribution in [3.63, 3.8) is 0 Å². The molecule has 0 radical (unpaired) electrons. The summed E-state index contributed by atoms with van der Waals surface area (Å²) >= 11 is 0. The summed E-state index contributed by atoms with van der Waals surface area (Å²) < 4.78 is 18.1. The van der Waals surface area contributed by atoms with Crippen molar-refractivity contribution in [2.24, 2.45) is 0 Å². The van der Waals surface area contributed by atoms with E-state index in [9.17, 15) is 14.0 Å². The number of halogens is 1. The van der Waals surface area contributed by atoms with Crippen molar-refractivity contribution < 1.29 is 18.7 Å². The summed E-state index contributed by atoms with van der Waals surface area (Å²) in [6, 6.07) is 10.0. The number of pyridine rings is 1. The molecule has 1 amide bonds. The van der Waals surface area contributed by atoms with Crippen molar-refractivity contribution in [1.82, 2.24) is 9.88 Å². The molecule has 142 valence electrons. The smallest absolute Gasteiger partial charge is 0.339 e. The van der Waals surface area contributed by atoms with Gasteiger partial charge < -0.3 is 14.5 Å². The number of carbonyl (C=O) groups is 2. The molecule has 1 aliphatic heterocycles. The topological polar surface area (TPSA) is 62.7 Å². The fourth-order valence-corrected chi connectivity index (χ4v) is 3.32. The lowest BCUT2D eigenvalue weighted by Gasteiger charge is -2.37. The fraction of sp³-hybridized carbons (Fsp3) is 0.350. The first kappa shape index (κ1) is 18.8. The second-order valence-electron chi connectivity index (χ2n) is 6.51. The summed E-state index contributed by atoms with van der Waals surface area (Å²) in [5, 5.41) is 0. The second kappa shape index (κ2) is 8.62. The zero-order valence-corrected chi connectivity index (χ0v) is 15.2. The predicted molar refractivity (Wildman–Crippen MR) is 98.8 cm³/mol. The summed E-state index contributed by atoms with van der Waals surface area (Å²) in [5.41, 5.74) is 1.95. The Balaban J connectivity index is 1.59. The van der Waals surface area contributed by atoms with Crippen LogP contribution in [0.3, 0.4) is 0 Å². The van der Waals surface area contributed by atoms with Gasteiger partial charge in [-0.1, -0.05) is 6.07 Å². The van der Waals surface area contributed by atoms with E-state index in [0.29, 0.717) is 17.8 Å². The van der Waals surface area contributed by atoms with Crippen molar-refractivity contribution in [3.05, 3.63) is 59.7 Å². The largest absolute Gasteiger partial charge is 0.465 e. The maximum atomic E-state index is 13.4. The lowest BCUT2D eigenvalue weighted by molar-refractivity contribution is -0.121. The highest BCUT2D eigenvalue weighted by Gasteiger charge is 2.24. The quantitative estimate of drug-likeness (QED) is 0.577. The van der Waals surface area contributed by atoms with Gasteiger partial charge in [-0.15, -0.1) is 0 Å². The molecule has 1 fully saturated rings. The molecule has 0 N–H and O–H groups in total. The van der Waals surface area contributed by atoms with Crippen LogP contribution in [0.25, 0.3) is 0 Å². The molecule has 0 atom stereocenters. The first-order chi connectivity index (χ1) is 13.1. The Hall–Kier alpha value is -2.96. The number of methoxy groups -OCH3 is 1. The number of nitrogens with zero attached hydrogens (tertiary/aromatic N) is 3. The van der Waals surface area contributed by atoms with Gasteiger partial charge in [0.05, 0.1) is 24.9 Å². The van der Waals surface area contributed by atoms with Gasteiger partial charge in [-0.3, -0.25) is 9.78 Å². The van der Waals surface area contributed by atoms with Gasteiger partial charge in [0.1, 0.15) is 5.82 Å². The number of amides is 1. The molecule has 2 heterocycles. The average Bonchev–Trinajstić information content (AvgIpc) is 2.72. The maximum Gasteiger partial charge on any atom is 0.339 e. The molecule has 27 heavy (non-hydrogen) atoms. The lowest BCUT2D eigenvalue weighted by atomic mass is 10.0. The van der Waals surface area contributed by atoms with Crippen LogP contribution in [0, 0.1) is 5.82 Å². The third-order valence-electron chi connectivity index (χ3n) is 4.83. The van der Waals surface area contributed by atoms with Crippen LogP contribution in [-0.2, 0) is 16.1 Å². The van der Waals surface area contributed by atoms with E-state index in [2.05, 4.69) is 14.6 Å². The third kappa shape index (κ3) is 4.61. The molecule has 0 aliphatic carbocycles. The molecule has 1 aromatic heterocycles. The minimum absolute atomic E-state index is 0.106. The van der Waals surface area contributed by atoms with Crippen molar-refractivity contribution in [3.8, 4) is 0 Å². The van der Waals surface area contributed by atoms with Crippen molar-refractivity contribution >= 4 is 18.1 Å². The van der Waals surface area contributed by atoms with Gasteiger partial charge in [0.15, 0.2) is 0 Å². The average molecular weight is 371 g/mol. The molecular weight excluding hydrogens is 349 g/mol. The van der Waals surface area contributed by atoms with Crippen molar-refractivity contribution in [1.29, 1.82) is 0 Å². The molecular formula is C20H22FN3O3. The molecule has 0 bridgehead atoms. The van der Waals surface area contributed by atoms with Crippen molar-refractivity contribution in [2.75, 3.05) is 25.1 Å². The van der Waals surface area contributed by atoms with Crippen LogP contribution in [-0.4, -0.2) is 48.5 Å². The lowest BCUT2D eigenvalue weighted by Crippen LogP contribution is -2.44. The summed E-state index contributed by atoms with van der Waals surface area (Å²) in [7, 11) is 1.32. The van der Waals surface area contributed by atoms with E-state index in [0.717, 1.165) is 38.0 Å². The van der Waals surface area contributed by atoms with E-state index in [1.165, 1.54) is 25.4 Å².